The van der Waals surface area contributed by atoms with Gasteiger partial charge in [0.15, 0.2) is 6.61 Å². The monoisotopic (exact) mass is 392 g/mol. The normalized spacial score (nSPS) is 28.6. The van der Waals surface area contributed by atoms with E-state index in [4.69, 9.17) is 33.7 Å². The van der Waals surface area contributed by atoms with Gasteiger partial charge in [-0.1, -0.05) is 29.6 Å². The highest BCUT2D eigenvalue weighted by Gasteiger charge is 2.39. The third kappa shape index (κ3) is 4.69. The number of amides is 1. The summed E-state index contributed by atoms with van der Waals surface area (Å²) >= 11 is 12.0. The summed E-state index contributed by atoms with van der Waals surface area (Å²) in [6.45, 7) is -0.0535. The summed E-state index contributed by atoms with van der Waals surface area (Å²) in [6.07, 6.45) is 5.54. The van der Waals surface area contributed by atoms with Crippen LogP contribution in [0.1, 0.15) is 32.1 Å². The quantitative estimate of drug-likeness (QED) is 0.817. The topological polar surface area (TPSA) is 64.3 Å². The zero-order valence-corrected chi connectivity index (χ0v) is 15.7. The van der Waals surface area contributed by atoms with Crippen molar-refractivity contribution in [3.63, 3.8) is 0 Å². The van der Waals surface area contributed by atoms with Crippen molar-refractivity contribution >= 4 is 41.5 Å². The molecule has 0 aliphatic heterocycles. The van der Waals surface area contributed by atoms with Crippen molar-refractivity contribution < 1.29 is 9.53 Å². The van der Waals surface area contributed by atoms with Gasteiger partial charge in [-0.15, -0.1) is 12.4 Å². The molecule has 2 fully saturated rings. The molecular weight excluding hydrogens is 371 g/mol. The number of ether oxygens (including phenoxy) is 1. The maximum absolute atomic E-state index is 12.3. The molecule has 3 rings (SSSR count). The van der Waals surface area contributed by atoms with Crippen molar-refractivity contribution in [2.24, 2.45) is 17.6 Å². The van der Waals surface area contributed by atoms with Crippen LogP contribution in [0.2, 0.25) is 10.0 Å². The fourth-order valence-corrected chi connectivity index (χ4v) is 4.32. The number of hydrogen-bond acceptors (Lipinski definition) is 3. The molecule has 1 aromatic rings. The molecule has 24 heavy (non-hydrogen) atoms. The highest BCUT2D eigenvalue weighted by atomic mass is 35.5. The number of benzene rings is 1. The highest BCUT2D eigenvalue weighted by molar-refractivity contribution is 6.34. The number of rotatable bonds is 4. The number of carbonyl (C=O) groups excluding carboxylic acids is 1. The van der Waals surface area contributed by atoms with Crippen LogP contribution in [0.15, 0.2) is 18.2 Å². The maximum Gasteiger partial charge on any atom is 0.258 e. The standard InChI is InChI=1S/C17H22Cl2N2O2.ClH/c18-12-4-5-14(19)15(8-12)23-9-16(22)21-17-10-2-1-3-11(17)7-13(20)6-10;/h4-5,8,10-11,13,17H,1-3,6-7,9,20H2,(H,21,22);1H. The van der Waals surface area contributed by atoms with E-state index in [1.54, 1.807) is 18.2 Å². The Morgan fingerprint density at radius 3 is 2.58 bits per heavy atom. The molecule has 4 nitrogen and oxygen atoms in total. The van der Waals surface area contributed by atoms with Gasteiger partial charge in [-0.2, -0.15) is 0 Å². The highest BCUT2D eigenvalue weighted by Crippen LogP contribution is 2.39. The van der Waals surface area contributed by atoms with E-state index in [1.165, 1.54) is 6.42 Å². The molecule has 2 aliphatic carbocycles. The Balaban J connectivity index is 0.00000208. The van der Waals surface area contributed by atoms with E-state index in [0.717, 1.165) is 25.7 Å². The number of carbonyl (C=O) groups is 1. The first-order chi connectivity index (χ1) is 11.0. The first-order valence-corrected chi connectivity index (χ1v) is 8.91. The molecule has 0 radical (unpaired) electrons. The minimum Gasteiger partial charge on any atom is -0.482 e. The molecule has 0 spiro atoms. The minimum atomic E-state index is -0.113. The number of hydrogen-bond donors (Lipinski definition) is 2. The fraction of sp³-hybridized carbons (Fsp3) is 0.588. The second-order valence-electron chi connectivity index (χ2n) is 6.64. The van der Waals surface area contributed by atoms with Crippen molar-refractivity contribution in [3.05, 3.63) is 28.2 Å². The molecule has 1 aromatic carbocycles. The van der Waals surface area contributed by atoms with Crippen molar-refractivity contribution in [2.75, 3.05) is 6.61 Å². The molecule has 0 saturated heterocycles. The Hall–Kier alpha value is -0.680. The molecule has 2 saturated carbocycles. The smallest absolute Gasteiger partial charge is 0.258 e. The van der Waals surface area contributed by atoms with E-state index in [2.05, 4.69) is 5.32 Å². The van der Waals surface area contributed by atoms with Crippen LogP contribution >= 0.6 is 35.6 Å². The minimum absolute atomic E-state index is 0. The second-order valence-corrected chi connectivity index (χ2v) is 7.48. The van der Waals surface area contributed by atoms with Crippen molar-refractivity contribution in [2.45, 2.75) is 44.2 Å². The summed E-state index contributed by atoms with van der Waals surface area (Å²) in [6, 6.07) is 5.47. The van der Waals surface area contributed by atoms with E-state index >= 15 is 0 Å². The maximum atomic E-state index is 12.3. The van der Waals surface area contributed by atoms with Crippen LogP contribution in [0, 0.1) is 11.8 Å². The zero-order valence-electron chi connectivity index (χ0n) is 13.3. The number of halogens is 3. The van der Waals surface area contributed by atoms with Gasteiger partial charge in [-0.3, -0.25) is 4.79 Å². The SMILES string of the molecule is Cl.NC1CC2CCCC(C1)C2NC(=O)COc1cc(Cl)ccc1Cl. The van der Waals surface area contributed by atoms with Gasteiger partial charge in [0, 0.05) is 23.2 Å². The van der Waals surface area contributed by atoms with Crippen LogP contribution in [0.3, 0.4) is 0 Å². The predicted molar refractivity (Wildman–Crippen MR) is 99.2 cm³/mol. The molecular formula is C17H23Cl3N2O2. The molecule has 2 aliphatic rings. The van der Waals surface area contributed by atoms with Gasteiger partial charge < -0.3 is 15.8 Å². The third-order valence-electron chi connectivity index (χ3n) is 4.96. The van der Waals surface area contributed by atoms with Crippen LogP contribution in [-0.4, -0.2) is 24.6 Å². The second kappa shape index (κ2) is 8.61. The average Bonchev–Trinajstić information content (AvgIpc) is 2.49. The van der Waals surface area contributed by atoms with E-state index in [9.17, 15) is 4.79 Å². The van der Waals surface area contributed by atoms with Crippen LogP contribution < -0.4 is 15.8 Å². The summed E-state index contributed by atoms with van der Waals surface area (Å²) in [5, 5.41) is 4.13. The Kier molecular flexibility index (Phi) is 7.05. The van der Waals surface area contributed by atoms with Crippen LogP contribution in [0.4, 0.5) is 0 Å². The molecule has 0 aromatic heterocycles. The van der Waals surface area contributed by atoms with Gasteiger partial charge >= 0.3 is 0 Å². The summed E-state index contributed by atoms with van der Waals surface area (Å²) in [4.78, 5) is 12.3. The van der Waals surface area contributed by atoms with Crippen molar-refractivity contribution in [1.82, 2.24) is 5.32 Å². The molecule has 2 bridgehead atoms. The number of fused-ring (bicyclic) bond motifs is 2. The predicted octanol–water partition coefficient (Wildman–Crippen LogP) is 3.82. The van der Waals surface area contributed by atoms with Crippen molar-refractivity contribution in [1.29, 1.82) is 0 Å². The van der Waals surface area contributed by atoms with Crippen LogP contribution in [0.5, 0.6) is 5.75 Å². The van der Waals surface area contributed by atoms with Crippen molar-refractivity contribution in [3.8, 4) is 5.75 Å². The van der Waals surface area contributed by atoms with Crippen LogP contribution in [0.25, 0.3) is 0 Å². The van der Waals surface area contributed by atoms with E-state index < -0.39 is 0 Å². The van der Waals surface area contributed by atoms with Gasteiger partial charge in [-0.05, 0) is 49.7 Å². The number of nitrogens with one attached hydrogen (secondary N) is 1. The fourth-order valence-electron chi connectivity index (χ4n) is 3.98. The van der Waals surface area contributed by atoms with E-state index in [-0.39, 0.29) is 37.0 Å². The van der Waals surface area contributed by atoms with Crippen LogP contribution in [-0.2, 0) is 4.79 Å². The lowest BCUT2D eigenvalue weighted by Gasteiger charge is -2.45. The Morgan fingerprint density at radius 2 is 1.92 bits per heavy atom. The summed E-state index contributed by atoms with van der Waals surface area (Å²) < 4.78 is 5.51. The third-order valence-corrected chi connectivity index (χ3v) is 5.50. The molecule has 1 amide bonds. The van der Waals surface area contributed by atoms with Gasteiger partial charge in [0.25, 0.3) is 5.91 Å². The Morgan fingerprint density at radius 1 is 1.25 bits per heavy atom. The van der Waals surface area contributed by atoms with Gasteiger partial charge in [0.2, 0.25) is 0 Å². The first kappa shape index (κ1) is 19.6. The zero-order chi connectivity index (χ0) is 16.4. The average molecular weight is 394 g/mol. The molecule has 0 heterocycles. The Labute approximate surface area is 158 Å². The van der Waals surface area contributed by atoms with Gasteiger partial charge in [0.05, 0.1) is 5.02 Å². The first-order valence-electron chi connectivity index (χ1n) is 8.15. The lowest BCUT2D eigenvalue weighted by atomic mass is 9.67. The summed E-state index contributed by atoms with van der Waals surface area (Å²) in [5.41, 5.74) is 6.12. The Bertz CT molecular complexity index is 571. The molecule has 3 N–H and O–H groups in total. The summed E-state index contributed by atoms with van der Waals surface area (Å²) in [7, 11) is 0. The summed E-state index contributed by atoms with van der Waals surface area (Å²) in [5.74, 6) is 1.31. The molecule has 134 valence electrons. The number of nitrogens with two attached hydrogens (primary N) is 1. The van der Waals surface area contributed by atoms with E-state index in [0.29, 0.717) is 27.6 Å². The lowest BCUT2D eigenvalue weighted by molar-refractivity contribution is -0.125. The molecule has 2 unspecified atom stereocenters. The van der Waals surface area contributed by atoms with E-state index in [1.807, 2.05) is 0 Å². The largest absolute Gasteiger partial charge is 0.482 e. The van der Waals surface area contributed by atoms with Gasteiger partial charge in [-0.25, -0.2) is 0 Å². The lowest BCUT2D eigenvalue weighted by Crippen LogP contribution is -2.54. The van der Waals surface area contributed by atoms with Gasteiger partial charge in [0.1, 0.15) is 5.75 Å². The molecule has 2 atom stereocenters. The molecule has 7 heteroatoms.